The molecule has 0 radical (unpaired) electrons. The first-order valence-electron chi connectivity index (χ1n) is 12.0. The minimum Gasteiger partial charge on any atom is -0.329 e. The van der Waals surface area contributed by atoms with Crippen LogP contribution in [0.4, 0.5) is 0 Å². The molecule has 0 aliphatic carbocycles. The molecule has 0 spiro atoms. The molecule has 0 aliphatic heterocycles. The molecule has 5 atom stereocenters. The Hall–Kier alpha value is -0.420. The van der Waals surface area contributed by atoms with Gasteiger partial charge >= 0.3 is 0 Å². The van der Waals surface area contributed by atoms with Gasteiger partial charge in [0.05, 0.1) is 0 Å². The summed E-state index contributed by atoms with van der Waals surface area (Å²) in [6.45, 7) is 15.8. The summed E-state index contributed by atoms with van der Waals surface area (Å²) in [5.41, 5.74) is 5.91. The lowest BCUT2D eigenvalue weighted by Crippen LogP contribution is -2.44. The van der Waals surface area contributed by atoms with E-state index in [4.69, 9.17) is 5.73 Å². The molecule has 0 saturated carbocycles. The second kappa shape index (κ2) is 18.6. The highest BCUT2D eigenvalue weighted by Crippen LogP contribution is 2.16. The van der Waals surface area contributed by atoms with Gasteiger partial charge in [0.25, 0.3) is 0 Å². The number of nitrogens with two attached hydrogens (primary N) is 1. The maximum atomic E-state index is 5.91. The van der Waals surface area contributed by atoms with Gasteiger partial charge in [0.15, 0.2) is 0 Å². The summed E-state index contributed by atoms with van der Waals surface area (Å²) in [7, 11) is 2.11. The average Bonchev–Trinajstić information content (AvgIpc) is 2.71. The van der Waals surface area contributed by atoms with Crippen LogP contribution in [-0.2, 0) is 0 Å². The minimum absolute atomic E-state index is 0.372. The molecule has 0 amide bonds. The van der Waals surface area contributed by atoms with Gasteiger partial charge in [0.1, 0.15) is 0 Å². The molecule has 0 aromatic heterocycles. The van der Waals surface area contributed by atoms with E-state index in [9.17, 15) is 0 Å². The molecule has 4 nitrogen and oxygen atoms in total. The number of hydrogen-bond donors (Lipinski definition) is 4. The second-order valence-electron chi connectivity index (χ2n) is 8.60. The van der Waals surface area contributed by atoms with Crippen LogP contribution in [-0.4, -0.2) is 44.8 Å². The fourth-order valence-electron chi connectivity index (χ4n) is 4.08. The second-order valence-corrected chi connectivity index (χ2v) is 8.60. The first kappa shape index (κ1) is 27.6. The van der Waals surface area contributed by atoms with Crippen molar-refractivity contribution in [1.82, 2.24) is 16.0 Å². The predicted molar refractivity (Wildman–Crippen MR) is 127 cm³/mol. The summed E-state index contributed by atoms with van der Waals surface area (Å²) >= 11 is 0. The molecule has 5 unspecified atom stereocenters. The Balaban J connectivity index is 4.19. The molecule has 0 heterocycles. The van der Waals surface area contributed by atoms with Gasteiger partial charge in [-0.25, -0.2) is 0 Å². The first-order valence-corrected chi connectivity index (χ1v) is 12.0. The predicted octanol–water partition coefficient (Wildman–Crippen LogP) is 4.46. The van der Waals surface area contributed by atoms with Crippen LogP contribution < -0.4 is 21.7 Å². The monoisotopic (exact) mass is 396 g/mol. The zero-order chi connectivity index (χ0) is 21.2. The van der Waals surface area contributed by atoms with Crippen molar-refractivity contribution in [1.29, 1.82) is 0 Å². The van der Waals surface area contributed by atoms with Gasteiger partial charge in [0, 0.05) is 24.7 Å². The van der Waals surface area contributed by atoms with Gasteiger partial charge in [-0.3, -0.25) is 0 Å². The van der Waals surface area contributed by atoms with E-state index in [2.05, 4.69) is 63.3 Å². The van der Waals surface area contributed by atoms with Crippen LogP contribution in [0.5, 0.6) is 0 Å². The van der Waals surface area contributed by atoms with Crippen molar-refractivity contribution < 1.29 is 0 Å². The number of nitrogens with one attached hydrogen (secondary N) is 3. The molecule has 0 aliphatic rings. The van der Waals surface area contributed by atoms with Gasteiger partial charge < -0.3 is 21.7 Å². The molecular weight excluding hydrogens is 344 g/mol. The fourth-order valence-corrected chi connectivity index (χ4v) is 4.08. The summed E-state index contributed by atoms with van der Waals surface area (Å²) in [5.74, 6) is 1.06. The van der Waals surface area contributed by atoms with Gasteiger partial charge in [0.2, 0.25) is 0 Å². The van der Waals surface area contributed by atoms with E-state index in [0.717, 1.165) is 19.5 Å². The lowest BCUT2D eigenvalue weighted by atomic mass is 9.91. The van der Waals surface area contributed by atoms with Crippen LogP contribution in [0.1, 0.15) is 85.5 Å². The van der Waals surface area contributed by atoms with E-state index < -0.39 is 0 Å². The normalized spacial score (nSPS) is 17.1. The molecule has 0 aromatic carbocycles. The molecule has 0 fully saturated rings. The number of unbranched alkanes of at least 4 members (excludes halogenated alkanes) is 6. The summed E-state index contributed by atoms with van der Waals surface area (Å²) < 4.78 is 0. The third-order valence-electron chi connectivity index (χ3n) is 6.22. The lowest BCUT2D eigenvalue weighted by Gasteiger charge is -2.30. The summed E-state index contributed by atoms with van der Waals surface area (Å²) in [4.78, 5) is 0. The molecule has 0 aromatic rings. The summed E-state index contributed by atoms with van der Waals surface area (Å²) in [6.07, 6.45) is 14.1. The Morgan fingerprint density at radius 2 is 1.61 bits per heavy atom. The smallest absolute Gasteiger partial charge is 0.0196 e. The number of hydrogen-bond acceptors (Lipinski definition) is 4. The van der Waals surface area contributed by atoms with Crippen LogP contribution in [0.2, 0.25) is 0 Å². The van der Waals surface area contributed by atoms with Crippen LogP contribution in [0.3, 0.4) is 0 Å². The quantitative estimate of drug-likeness (QED) is 0.181. The van der Waals surface area contributed by atoms with E-state index in [-0.39, 0.29) is 0 Å². The van der Waals surface area contributed by atoms with Crippen LogP contribution in [0.15, 0.2) is 12.7 Å². The summed E-state index contributed by atoms with van der Waals surface area (Å²) in [6, 6.07) is 1.39. The van der Waals surface area contributed by atoms with E-state index in [0.29, 0.717) is 36.5 Å². The van der Waals surface area contributed by atoms with Crippen molar-refractivity contribution in [3.05, 3.63) is 12.7 Å². The van der Waals surface area contributed by atoms with E-state index in [1.165, 1.54) is 51.4 Å². The van der Waals surface area contributed by atoms with Gasteiger partial charge in [-0.05, 0) is 51.7 Å². The van der Waals surface area contributed by atoms with E-state index in [1.807, 2.05) is 0 Å². The van der Waals surface area contributed by atoms with Crippen molar-refractivity contribution in [2.75, 3.05) is 26.7 Å². The zero-order valence-corrected chi connectivity index (χ0v) is 19.7. The Bertz CT molecular complexity index is 347. The zero-order valence-electron chi connectivity index (χ0n) is 19.7. The van der Waals surface area contributed by atoms with Crippen molar-refractivity contribution in [2.24, 2.45) is 17.6 Å². The van der Waals surface area contributed by atoms with Gasteiger partial charge in [-0.2, -0.15) is 0 Å². The Kier molecular flexibility index (Phi) is 18.3. The SMILES string of the molecule is C=CC(CC(CN)NCC)C(C)NCC(C)C(CCCCCCCCC)NC. The standard InChI is InChI=1S/C24H52N4/c1-7-10-11-12-13-14-15-16-24(26-6)20(4)19-28-21(5)22(8-2)17-23(18-25)27-9-3/h8,20-24,26-28H,2,7,9-19,25H2,1,3-6H3. The largest absolute Gasteiger partial charge is 0.329 e. The van der Waals surface area contributed by atoms with Crippen molar-refractivity contribution in [2.45, 2.75) is 104 Å². The molecule has 0 saturated heterocycles. The molecule has 0 bridgehead atoms. The first-order chi connectivity index (χ1) is 13.5. The summed E-state index contributed by atoms with van der Waals surface area (Å²) in [5, 5.41) is 10.8. The van der Waals surface area contributed by atoms with Crippen molar-refractivity contribution >= 4 is 0 Å². The number of rotatable bonds is 20. The Morgan fingerprint density at radius 1 is 0.964 bits per heavy atom. The number of likely N-dealkylation sites (N-methyl/N-ethyl adjacent to an activating group) is 1. The fraction of sp³-hybridized carbons (Fsp3) is 0.917. The maximum absolute atomic E-state index is 5.91. The molecule has 5 N–H and O–H groups in total. The molecule has 168 valence electrons. The minimum atomic E-state index is 0.372. The highest BCUT2D eigenvalue weighted by Gasteiger charge is 2.20. The maximum Gasteiger partial charge on any atom is 0.0196 e. The van der Waals surface area contributed by atoms with Gasteiger partial charge in [-0.1, -0.05) is 71.8 Å². The van der Waals surface area contributed by atoms with Crippen molar-refractivity contribution in [3.8, 4) is 0 Å². The van der Waals surface area contributed by atoms with E-state index in [1.54, 1.807) is 0 Å². The molecule has 4 heteroatoms. The average molecular weight is 397 g/mol. The van der Waals surface area contributed by atoms with Crippen LogP contribution in [0.25, 0.3) is 0 Å². The molecule has 28 heavy (non-hydrogen) atoms. The lowest BCUT2D eigenvalue weighted by molar-refractivity contribution is 0.308. The third kappa shape index (κ3) is 12.9. The van der Waals surface area contributed by atoms with Crippen LogP contribution >= 0.6 is 0 Å². The van der Waals surface area contributed by atoms with E-state index >= 15 is 0 Å². The Labute approximate surface area is 176 Å². The van der Waals surface area contributed by atoms with Crippen molar-refractivity contribution in [3.63, 3.8) is 0 Å². The topological polar surface area (TPSA) is 62.1 Å². The van der Waals surface area contributed by atoms with Gasteiger partial charge in [-0.15, -0.1) is 6.58 Å². The molecular formula is C24H52N4. The highest BCUT2D eigenvalue weighted by atomic mass is 15.0. The third-order valence-corrected chi connectivity index (χ3v) is 6.22. The van der Waals surface area contributed by atoms with Crippen LogP contribution in [0, 0.1) is 11.8 Å². The highest BCUT2D eigenvalue weighted by molar-refractivity contribution is 4.90. The molecule has 0 rings (SSSR count). The Morgan fingerprint density at radius 3 is 2.14 bits per heavy atom.